The van der Waals surface area contributed by atoms with E-state index >= 15 is 0 Å². The Kier molecular flexibility index (Phi) is 5.30. The standard InChI is InChI=1S/C22H22N2O3/c25-22(20-12-21(27-24-20)19-10-11-19)23-13-16-6-8-18(9-7-16)15-26-14-17-4-2-1-3-5-17/h1-9,12,19H,10-11,13-15H2,(H,23,25). The lowest BCUT2D eigenvalue weighted by Gasteiger charge is -2.07. The molecular weight excluding hydrogens is 340 g/mol. The topological polar surface area (TPSA) is 64.4 Å². The van der Waals surface area contributed by atoms with Crippen LogP contribution in [0, 0.1) is 0 Å². The maximum atomic E-state index is 12.2. The third-order valence-electron chi connectivity index (χ3n) is 4.60. The molecule has 1 aliphatic carbocycles. The largest absolute Gasteiger partial charge is 0.372 e. The highest BCUT2D eigenvalue weighted by atomic mass is 16.5. The van der Waals surface area contributed by atoms with E-state index < -0.39 is 0 Å². The molecule has 0 spiro atoms. The highest BCUT2D eigenvalue weighted by molar-refractivity contribution is 5.92. The Morgan fingerprint density at radius 3 is 2.37 bits per heavy atom. The van der Waals surface area contributed by atoms with Gasteiger partial charge in [-0.3, -0.25) is 4.79 Å². The van der Waals surface area contributed by atoms with Crippen molar-refractivity contribution in [1.82, 2.24) is 10.5 Å². The van der Waals surface area contributed by atoms with Gasteiger partial charge in [0.15, 0.2) is 5.69 Å². The van der Waals surface area contributed by atoms with Crippen LogP contribution in [0.4, 0.5) is 0 Å². The van der Waals surface area contributed by atoms with E-state index in [1.54, 1.807) is 6.07 Å². The van der Waals surface area contributed by atoms with Crippen LogP contribution in [-0.2, 0) is 24.5 Å². The predicted molar refractivity (Wildman–Crippen MR) is 101 cm³/mol. The van der Waals surface area contributed by atoms with Crippen LogP contribution in [0.2, 0.25) is 0 Å². The van der Waals surface area contributed by atoms with E-state index in [0.29, 0.717) is 31.4 Å². The molecule has 138 valence electrons. The van der Waals surface area contributed by atoms with Gasteiger partial charge >= 0.3 is 0 Å². The van der Waals surface area contributed by atoms with Gasteiger partial charge in [0.2, 0.25) is 0 Å². The van der Waals surface area contributed by atoms with Crippen LogP contribution in [0.1, 0.15) is 51.7 Å². The predicted octanol–water partition coefficient (Wildman–Crippen LogP) is 4.20. The minimum atomic E-state index is -0.207. The monoisotopic (exact) mass is 362 g/mol. The van der Waals surface area contributed by atoms with Crippen LogP contribution in [-0.4, -0.2) is 11.1 Å². The molecule has 1 aromatic heterocycles. The quantitative estimate of drug-likeness (QED) is 0.652. The number of amides is 1. The molecule has 1 fully saturated rings. The van der Waals surface area contributed by atoms with E-state index in [0.717, 1.165) is 35.3 Å². The summed E-state index contributed by atoms with van der Waals surface area (Å²) in [5.74, 6) is 1.07. The first-order valence-electron chi connectivity index (χ1n) is 9.22. The Labute approximate surface area is 158 Å². The van der Waals surface area contributed by atoms with Gasteiger partial charge in [-0.25, -0.2) is 0 Å². The van der Waals surface area contributed by atoms with Crippen LogP contribution in [0.15, 0.2) is 65.2 Å². The summed E-state index contributed by atoms with van der Waals surface area (Å²) in [6.45, 7) is 1.61. The van der Waals surface area contributed by atoms with E-state index in [1.807, 2.05) is 54.6 Å². The molecule has 0 aliphatic heterocycles. The van der Waals surface area contributed by atoms with E-state index in [4.69, 9.17) is 9.26 Å². The lowest BCUT2D eigenvalue weighted by Crippen LogP contribution is -2.23. The molecular formula is C22H22N2O3. The van der Waals surface area contributed by atoms with Crippen molar-refractivity contribution < 1.29 is 14.1 Å². The zero-order chi connectivity index (χ0) is 18.5. The highest BCUT2D eigenvalue weighted by Crippen LogP contribution is 2.40. The maximum Gasteiger partial charge on any atom is 0.273 e. The molecule has 0 radical (unpaired) electrons. The SMILES string of the molecule is O=C(NCc1ccc(COCc2ccccc2)cc1)c1cc(C2CC2)on1. The molecule has 5 heteroatoms. The number of hydrogen-bond acceptors (Lipinski definition) is 4. The Morgan fingerprint density at radius 2 is 1.67 bits per heavy atom. The summed E-state index contributed by atoms with van der Waals surface area (Å²) < 4.78 is 11.0. The number of hydrogen-bond donors (Lipinski definition) is 1. The second-order valence-electron chi connectivity index (χ2n) is 6.87. The number of benzene rings is 2. The van der Waals surface area contributed by atoms with Gasteiger partial charge in [0.25, 0.3) is 5.91 Å². The summed E-state index contributed by atoms with van der Waals surface area (Å²) >= 11 is 0. The molecule has 5 nitrogen and oxygen atoms in total. The number of carbonyl (C=O) groups excluding carboxylic acids is 1. The van der Waals surface area contributed by atoms with Gasteiger partial charge in [0, 0.05) is 18.5 Å². The number of nitrogens with one attached hydrogen (secondary N) is 1. The van der Waals surface area contributed by atoms with Crippen LogP contribution < -0.4 is 5.32 Å². The molecule has 1 heterocycles. The molecule has 2 aromatic carbocycles. The zero-order valence-corrected chi connectivity index (χ0v) is 15.1. The van der Waals surface area contributed by atoms with Crippen molar-refractivity contribution in [2.75, 3.05) is 0 Å². The first-order chi connectivity index (χ1) is 13.3. The Hall–Kier alpha value is -2.92. The summed E-state index contributed by atoms with van der Waals surface area (Å²) in [4.78, 5) is 12.2. The van der Waals surface area contributed by atoms with Crippen LogP contribution in [0.25, 0.3) is 0 Å². The number of nitrogens with zero attached hydrogens (tertiary/aromatic N) is 1. The normalized spacial score (nSPS) is 13.5. The minimum Gasteiger partial charge on any atom is -0.372 e. The van der Waals surface area contributed by atoms with E-state index in [1.165, 1.54) is 0 Å². The van der Waals surface area contributed by atoms with Gasteiger partial charge in [0.05, 0.1) is 13.2 Å². The average Bonchev–Trinajstić information content (AvgIpc) is 3.44. The number of carbonyl (C=O) groups is 1. The van der Waals surface area contributed by atoms with Crippen molar-refractivity contribution in [1.29, 1.82) is 0 Å². The maximum absolute atomic E-state index is 12.2. The number of rotatable bonds is 8. The van der Waals surface area contributed by atoms with Crippen molar-refractivity contribution >= 4 is 5.91 Å². The molecule has 0 bridgehead atoms. The fraction of sp³-hybridized carbons (Fsp3) is 0.273. The van der Waals surface area contributed by atoms with Gasteiger partial charge in [-0.1, -0.05) is 59.8 Å². The van der Waals surface area contributed by atoms with Gasteiger partial charge in [-0.15, -0.1) is 0 Å². The number of ether oxygens (including phenoxy) is 1. The first-order valence-corrected chi connectivity index (χ1v) is 9.22. The second-order valence-corrected chi connectivity index (χ2v) is 6.87. The molecule has 1 saturated carbocycles. The van der Waals surface area contributed by atoms with E-state index in [-0.39, 0.29) is 5.91 Å². The molecule has 3 aromatic rings. The molecule has 1 amide bonds. The third kappa shape index (κ3) is 4.83. The van der Waals surface area contributed by atoms with Gasteiger partial charge in [-0.2, -0.15) is 0 Å². The summed E-state index contributed by atoms with van der Waals surface area (Å²) in [5, 5.41) is 6.74. The highest BCUT2D eigenvalue weighted by Gasteiger charge is 2.28. The summed E-state index contributed by atoms with van der Waals surface area (Å²) in [6, 6.07) is 19.9. The lowest BCUT2D eigenvalue weighted by molar-refractivity contribution is 0.0941. The van der Waals surface area contributed by atoms with Crippen molar-refractivity contribution in [2.24, 2.45) is 0 Å². The fourth-order valence-electron chi connectivity index (χ4n) is 2.84. The molecule has 0 atom stereocenters. The summed E-state index contributed by atoms with van der Waals surface area (Å²) in [5.41, 5.74) is 3.64. The van der Waals surface area contributed by atoms with Gasteiger partial charge < -0.3 is 14.6 Å². The summed E-state index contributed by atoms with van der Waals surface area (Å²) in [7, 11) is 0. The van der Waals surface area contributed by atoms with Gasteiger partial charge in [-0.05, 0) is 29.5 Å². The van der Waals surface area contributed by atoms with Gasteiger partial charge in [0.1, 0.15) is 5.76 Å². The second kappa shape index (κ2) is 8.18. The smallest absolute Gasteiger partial charge is 0.273 e. The Balaban J connectivity index is 1.23. The zero-order valence-electron chi connectivity index (χ0n) is 15.1. The Bertz CT molecular complexity index is 883. The van der Waals surface area contributed by atoms with E-state index in [9.17, 15) is 4.79 Å². The first kappa shape index (κ1) is 17.5. The molecule has 27 heavy (non-hydrogen) atoms. The van der Waals surface area contributed by atoms with Crippen LogP contribution in [0.3, 0.4) is 0 Å². The van der Waals surface area contributed by atoms with Crippen LogP contribution >= 0.6 is 0 Å². The summed E-state index contributed by atoms with van der Waals surface area (Å²) in [6.07, 6.45) is 2.25. The van der Waals surface area contributed by atoms with Crippen LogP contribution in [0.5, 0.6) is 0 Å². The Morgan fingerprint density at radius 1 is 1.00 bits per heavy atom. The van der Waals surface area contributed by atoms with E-state index in [2.05, 4.69) is 10.5 Å². The molecule has 1 N–H and O–H groups in total. The molecule has 4 rings (SSSR count). The lowest BCUT2D eigenvalue weighted by atomic mass is 10.1. The molecule has 1 aliphatic rings. The minimum absolute atomic E-state index is 0.207. The van der Waals surface area contributed by atoms with Crippen molar-refractivity contribution in [3.63, 3.8) is 0 Å². The third-order valence-corrected chi connectivity index (χ3v) is 4.60. The fourth-order valence-corrected chi connectivity index (χ4v) is 2.84. The van der Waals surface area contributed by atoms with Crippen molar-refractivity contribution in [3.8, 4) is 0 Å². The molecule has 0 unspecified atom stereocenters. The van der Waals surface area contributed by atoms with Crippen molar-refractivity contribution in [3.05, 3.63) is 88.8 Å². The molecule has 0 saturated heterocycles. The number of aromatic nitrogens is 1. The van der Waals surface area contributed by atoms with Crippen molar-refractivity contribution in [2.45, 2.75) is 38.5 Å². The average molecular weight is 362 g/mol.